The topological polar surface area (TPSA) is 78.7 Å². The van der Waals surface area contributed by atoms with Gasteiger partial charge in [-0.15, -0.1) is 11.3 Å². The fraction of sp³-hybridized carbons (Fsp3) is 0.111. The first-order chi connectivity index (χ1) is 11.7. The Bertz CT molecular complexity index is 883. The fourth-order valence-electron chi connectivity index (χ4n) is 2.19. The largest absolute Gasteiger partial charge is 0.352 e. The third kappa shape index (κ3) is 4.03. The van der Waals surface area contributed by atoms with Crippen LogP contribution < -0.4 is 5.32 Å². The minimum Gasteiger partial charge on any atom is -0.352 e. The maximum absolute atomic E-state index is 12.1. The summed E-state index contributed by atoms with van der Waals surface area (Å²) in [6.07, 6.45) is 3.70. The first kappa shape index (κ1) is 15.8. The van der Waals surface area contributed by atoms with E-state index in [1.165, 1.54) is 11.3 Å². The van der Waals surface area contributed by atoms with Crippen LogP contribution in [-0.2, 0) is 17.8 Å². The van der Waals surface area contributed by atoms with Crippen LogP contribution in [0.5, 0.6) is 0 Å². The van der Waals surface area contributed by atoms with Crippen LogP contribution in [0.3, 0.4) is 0 Å². The number of carbonyl (C=O) groups is 1. The quantitative estimate of drug-likeness (QED) is 0.778. The Balaban J connectivity index is 1.57. The summed E-state index contributed by atoms with van der Waals surface area (Å²) in [4.78, 5) is 20.6. The maximum atomic E-state index is 12.1. The summed E-state index contributed by atoms with van der Waals surface area (Å²) in [5, 5.41) is 14.5. The Hall–Kier alpha value is -3.04. The Kier molecular flexibility index (Phi) is 4.94. The number of rotatable bonds is 5. The van der Waals surface area contributed by atoms with E-state index in [9.17, 15) is 4.79 Å². The number of carbonyl (C=O) groups excluding carboxylic acids is 1. The monoisotopic (exact) mass is 334 g/mol. The molecule has 118 valence electrons. The van der Waals surface area contributed by atoms with E-state index in [2.05, 4.69) is 21.4 Å². The molecule has 0 saturated carbocycles. The number of nitrogens with zero attached hydrogens (tertiary/aromatic N) is 3. The molecule has 3 aromatic rings. The number of aromatic nitrogens is 2. The van der Waals surface area contributed by atoms with E-state index in [4.69, 9.17) is 5.26 Å². The molecule has 0 aliphatic heterocycles. The predicted octanol–water partition coefficient (Wildman–Crippen LogP) is 2.94. The molecule has 1 aromatic carbocycles. The molecule has 0 aliphatic rings. The molecule has 0 atom stereocenters. The van der Waals surface area contributed by atoms with Gasteiger partial charge in [-0.2, -0.15) is 5.26 Å². The van der Waals surface area contributed by atoms with Gasteiger partial charge in [0.1, 0.15) is 5.01 Å². The number of nitrogens with one attached hydrogen (secondary N) is 1. The van der Waals surface area contributed by atoms with Crippen LogP contribution in [0.15, 0.2) is 54.2 Å². The first-order valence-electron chi connectivity index (χ1n) is 7.35. The normalized spacial score (nSPS) is 10.1. The molecule has 24 heavy (non-hydrogen) atoms. The average Bonchev–Trinajstić information content (AvgIpc) is 3.09. The Morgan fingerprint density at radius 1 is 1.29 bits per heavy atom. The maximum Gasteiger partial charge on any atom is 0.226 e. The van der Waals surface area contributed by atoms with Crippen LogP contribution in [0.2, 0.25) is 0 Å². The van der Waals surface area contributed by atoms with Gasteiger partial charge in [-0.3, -0.25) is 9.78 Å². The van der Waals surface area contributed by atoms with Crippen LogP contribution >= 0.6 is 11.3 Å². The number of nitriles is 1. The summed E-state index contributed by atoms with van der Waals surface area (Å²) < 4.78 is 0. The molecule has 2 aromatic heterocycles. The van der Waals surface area contributed by atoms with Gasteiger partial charge in [0, 0.05) is 29.9 Å². The number of thiazole rings is 1. The van der Waals surface area contributed by atoms with Crippen molar-refractivity contribution in [3.63, 3.8) is 0 Å². The van der Waals surface area contributed by atoms with Crippen molar-refractivity contribution in [2.75, 3.05) is 0 Å². The van der Waals surface area contributed by atoms with Crippen LogP contribution in [0.4, 0.5) is 0 Å². The molecule has 0 radical (unpaired) electrons. The molecular weight excluding hydrogens is 320 g/mol. The summed E-state index contributed by atoms with van der Waals surface area (Å²) in [5.74, 6) is -0.0969. The van der Waals surface area contributed by atoms with Gasteiger partial charge in [-0.25, -0.2) is 4.98 Å². The number of benzene rings is 1. The summed E-state index contributed by atoms with van der Waals surface area (Å²) >= 11 is 1.50. The van der Waals surface area contributed by atoms with Crippen molar-refractivity contribution in [1.82, 2.24) is 15.3 Å². The van der Waals surface area contributed by atoms with Crippen molar-refractivity contribution >= 4 is 17.2 Å². The van der Waals surface area contributed by atoms with Crippen molar-refractivity contribution < 1.29 is 4.79 Å². The van der Waals surface area contributed by atoms with Crippen LogP contribution in [0.1, 0.15) is 16.8 Å². The van der Waals surface area contributed by atoms with Gasteiger partial charge in [-0.05, 0) is 29.8 Å². The van der Waals surface area contributed by atoms with Gasteiger partial charge in [0.2, 0.25) is 5.91 Å². The average molecular weight is 334 g/mol. The highest BCUT2D eigenvalue weighted by Gasteiger charge is 2.09. The second kappa shape index (κ2) is 7.49. The van der Waals surface area contributed by atoms with E-state index in [1.54, 1.807) is 30.6 Å². The Morgan fingerprint density at radius 2 is 2.21 bits per heavy atom. The zero-order valence-corrected chi connectivity index (χ0v) is 13.6. The molecule has 6 heteroatoms. The fourth-order valence-corrected chi connectivity index (χ4v) is 3.00. The lowest BCUT2D eigenvalue weighted by atomic mass is 10.1. The second-order valence-corrected chi connectivity index (χ2v) is 6.01. The predicted molar refractivity (Wildman–Crippen MR) is 92.1 cm³/mol. The van der Waals surface area contributed by atoms with Crippen LogP contribution in [0, 0.1) is 11.3 Å². The highest BCUT2D eigenvalue weighted by atomic mass is 32.1. The molecular formula is C18H14N4OS. The van der Waals surface area contributed by atoms with E-state index in [0.717, 1.165) is 21.8 Å². The number of hydrogen-bond donors (Lipinski definition) is 1. The zero-order chi connectivity index (χ0) is 16.8. The minimum atomic E-state index is -0.0969. The van der Waals surface area contributed by atoms with Crippen LogP contribution in [0.25, 0.3) is 10.6 Å². The first-order valence-corrected chi connectivity index (χ1v) is 8.23. The number of pyridine rings is 1. The second-order valence-electron chi connectivity index (χ2n) is 5.15. The summed E-state index contributed by atoms with van der Waals surface area (Å²) in [6.45, 7) is 0.397. The van der Waals surface area contributed by atoms with Crippen LogP contribution in [-0.4, -0.2) is 15.9 Å². The molecule has 0 saturated heterocycles. The minimum absolute atomic E-state index is 0.0969. The van der Waals surface area contributed by atoms with Gasteiger partial charge in [0.25, 0.3) is 0 Å². The lowest BCUT2D eigenvalue weighted by Crippen LogP contribution is -2.24. The van der Waals surface area contributed by atoms with Crippen molar-refractivity contribution in [2.45, 2.75) is 13.0 Å². The van der Waals surface area contributed by atoms with E-state index >= 15 is 0 Å². The van der Waals surface area contributed by atoms with E-state index in [1.807, 2.05) is 23.6 Å². The molecule has 0 spiro atoms. The van der Waals surface area contributed by atoms with Crippen molar-refractivity contribution in [3.8, 4) is 16.6 Å². The van der Waals surface area contributed by atoms with Gasteiger partial charge in [0.05, 0.1) is 23.7 Å². The van der Waals surface area contributed by atoms with Crippen molar-refractivity contribution in [3.05, 3.63) is 71.0 Å². The van der Waals surface area contributed by atoms with E-state index in [0.29, 0.717) is 12.1 Å². The number of hydrogen-bond acceptors (Lipinski definition) is 5. The third-order valence-corrected chi connectivity index (χ3v) is 4.29. The smallest absolute Gasteiger partial charge is 0.226 e. The highest BCUT2D eigenvalue weighted by Crippen LogP contribution is 2.22. The molecule has 0 fully saturated rings. The van der Waals surface area contributed by atoms with Crippen molar-refractivity contribution in [1.29, 1.82) is 5.26 Å². The lowest BCUT2D eigenvalue weighted by molar-refractivity contribution is -0.120. The Morgan fingerprint density at radius 3 is 3.00 bits per heavy atom. The zero-order valence-electron chi connectivity index (χ0n) is 12.8. The molecule has 3 rings (SSSR count). The molecule has 0 aliphatic carbocycles. The van der Waals surface area contributed by atoms with Crippen molar-refractivity contribution in [2.24, 2.45) is 0 Å². The molecule has 1 N–H and O–H groups in total. The summed E-state index contributed by atoms with van der Waals surface area (Å²) in [5.41, 5.74) is 3.17. The molecule has 1 amide bonds. The number of amides is 1. The van der Waals surface area contributed by atoms with E-state index in [-0.39, 0.29) is 12.3 Å². The summed E-state index contributed by atoms with van der Waals surface area (Å²) in [7, 11) is 0. The lowest BCUT2D eigenvalue weighted by Gasteiger charge is -2.04. The molecule has 5 nitrogen and oxygen atoms in total. The Labute approximate surface area is 143 Å². The highest BCUT2D eigenvalue weighted by molar-refractivity contribution is 7.13. The molecule has 2 heterocycles. The third-order valence-electron chi connectivity index (χ3n) is 3.35. The van der Waals surface area contributed by atoms with Gasteiger partial charge < -0.3 is 5.32 Å². The standard InChI is InChI=1S/C18H14N4OS/c19-9-13-3-1-4-14(7-13)10-21-17(23)8-16-12-24-18(22-16)15-5-2-6-20-11-15/h1-7,11-12H,8,10H2,(H,21,23). The van der Waals surface area contributed by atoms with Gasteiger partial charge in [0.15, 0.2) is 0 Å². The SMILES string of the molecule is N#Cc1cccc(CNC(=O)Cc2csc(-c3cccnc3)n2)c1. The van der Waals surface area contributed by atoms with Gasteiger partial charge >= 0.3 is 0 Å². The summed E-state index contributed by atoms with van der Waals surface area (Å²) in [6, 6.07) is 13.1. The van der Waals surface area contributed by atoms with E-state index < -0.39 is 0 Å². The molecule has 0 unspecified atom stereocenters. The molecule has 0 bridgehead atoms. The van der Waals surface area contributed by atoms with Gasteiger partial charge in [-0.1, -0.05) is 12.1 Å².